The fourth-order valence-corrected chi connectivity index (χ4v) is 5.15. The van der Waals surface area contributed by atoms with Crippen LogP contribution in [0.4, 0.5) is 0 Å². The summed E-state index contributed by atoms with van der Waals surface area (Å²) in [5.41, 5.74) is 0. The molecule has 1 aliphatic rings. The standard InChI is InChI=1S/C9H9Cl2N3O2S2/c10-8-3-7(9(11)17-8)18(15,16)13-6-1-2-14(4-6)5-12/h3,6,13H,1-2,4H2/t6-/m1/s1. The van der Waals surface area contributed by atoms with Gasteiger partial charge in [-0.15, -0.1) is 11.3 Å². The number of nitrogens with one attached hydrogen (secondary N) is 1. The fourth-order valence-electron chi connectivity index (χ4n) is 1.74. The predicted molar refractivity (Wildman–Crippen MR) is 70.3 cm³/mol. The fraction of sp³-hybridized carbons (Fsp3) is 0.444. The normalized spacial score (nSPS) is 20.1. The van der Waals surface area contributed by atoms with Crippen LogP contribution in [0.5, 0.6) is 0 Å². The summed E-state index contributed by atoms with van der Waals surface area (Å²) in [6.45, 7) is 0.938. The Hall–Kier alpha value is -0.520. The molecule has 2 heterocycles. The van der Waals surface area contributed by atoms with Crippen LogP contribution in [0.25, 0.3) is 0 Å². The van der Waals surface area contributed by atoms with Gasteiger partial charge in [-0.3, -0.25) is 0 Å². The van der Waals surface area contributed by atoms with Gasteiger partial charge in [-0.1, -0.05) is 23.2 Å². The molecule has 5 nitrogen and oxygen atoms in total. The molecule has 1 atom stereocenters. The zero-order valence-corrected chi connectivity index (χ0v) is 12.2. The second-order valence-corrected chi connectivity index (χ2v) is 7.81. The van der Waals surface area contributed by atoms with Crippen LogP contribution in [0.1, 0.15) is 6.42 Å². The van der Waals surface area contributed by atoms with E-state index in [0.29, 0.717) is 23.8 Å². The Morgan fingerprint density at radius 3 is 2.78 bits per heavy atom. The number of likely N-dealkylation sites (tertiary alicyclic amines) is 1. The molecule has 0 radical (unpaired) electrons. The topological polar surface area (TPSA) is 73.2 Å². The second-order valence-electron chi connectivity index (χ2n) is 3.84. The Morgan fingerprint density at radius 1 is 1.56 bits per heavy atom. The number of hydrogen-bond acceptors (Lipinski definition) is 5. The minimum absolute atomic E-state index is 0.00502. The van der Waals surface area contributed by atoms with Gasteiger partial charge in [0.1, 0.15) is 9.23 Å². The maximum absolute atomic E-state index is 12.1. The monoisotopic (exact) mass is 325 g/mol. The highest BCUT2D eigenvalue weighted by Crippen LogP contribution is 2.34. The predicted octanol–water partition coefficient (Wildman–Crippen LogP) is 1.89. The quantitative estimate of drug-likeness (QED) is 0.861. The summed E-state index contributed by atoms with van der Waals surface area (Å²) in [6.07, 6.45) is 2.59. The molecule has 1 saturated heterocycles. The average molecular weight is 326 g/mol. The van der Waals surface area contributed by atoms with Gasteiger partial charge in [0.25, 0.3) is 0 Å². The average Bonchev–Trinajstić information content (AvgIpc) is 2.84. The van der Waals surface area contributed by atoms with Crippen LogP contribution < -0.4 is 4.72 Å². The van der Waals surface area contributed by atoms with Gasteiger partial charge >= 0.3 is 0 Å². The summed E-state index contributed by atoms with van der Waals surface area (Å²) < 4.78 is 27.1. The summed E-state index contributed by atoms with van der Waals surface area (Å²) in [7, 11) is -3.68. The number of halogens is 2. The lowest BCUT2D eigenvalue weighted by molar-refractivity contribution is 0.470. The number of nitrogens with zero attached hydrogens (tertiary/aromatic N) is 2. The van der Waals surface area contributed by atoms with Crippen LogP contribution in [0, 0.1) is 11.5 Å². The lowest BCUT2D eigenvalue weighted by Gasteiger charge is -2.12. The van der Waals surface area contributed by atoms with E-state index in [1.165, 1.54) is 11.0 Å². The maximum Gasteiger partial charge on any atom is 0.243 e. The number of hydrogen-bond donors (Lipinski definition) is 1. The molecule has 0 aliphatic carbocycles. The number of thiophene rings is 1. The van der Waals surface area contributed by atoms with Crippen molar-refractivity contribution in [2.24, 2.45) is 0 Å². The molecule has 1 aromatic heterocycles. The number of sulfonamides is 1. The van der Waals surface area contributed by atoms with Gasteiger partial charge in [0.05, 0.1) is 4.34 Å². The molecule has 1 fully saturated rings. The van der Waals surface area contributed by atoms with Gasteiger partial charge < -0.3 is 4.90 Å². The first-order valence-electron chi connectivity index (χ1n) is 5.04. The summed E-state index contributed by atoms with van der Waals surface area (Å²) in [5, 5.41) is 8.71. The first kappa shape index (κ1) is 13.9. The van der Waals surface area contributed by atoms with E-state index in [2.05, 4.69) is 4.72 Å². The molecule has 9 heteroatoms. The van der Waals surface area contributed by atoms with Crippen molar-refractivity contribution in [3.8, 4) is 6.19 Å². The first-order valence-corrected chi connectivity index (χ1v) is 8.10. The molecule has 0 bridgehead atoms. The van der Waals surface area contributed by atoms with Gasteiger partial charge in [0.2, 0.25) is 10.0 Å². The van der Waals surface area contributed by atoms with E-state index in [1.54, 1.807) is 0 Å². The summed E-state index contributed by atoms with van der Waals surface area (Å²) in [6, 6.07) is 1.05. The summed E-state index contributed by atoms with van der Waals surface area (Å²) >= 11 is 12.6. The molecular weight excluding hydrogens is 317 g/mol. The molecule has 98 valence electrons. The molecule has 0 saturated carbocycles. The molecular formula is C9H9Cl2N3O2S2. The highest BCUT2D eigenvalue weighted by Gasteiger charge is 2.28. The van der Waals surface area contributed by atoms with Crippen LogP contribution in [-0.4, -0.2) is 32.4 Å². The molecule has 1 aliphatic heterocycles. The summed E-state index contributed by atoms with van der Waals surface area (Å²) in [4.78, 5) is 1.50. The van der Waals surface area contributed by atoms with Crippen molar-refractivity contribution in [2.75, 3.05) is 13.1 Å². The van der Waals surface area contributed by atoms with Crippen molar-refractivity contribution in [3.63, 3.8) is 0 Å². The van der Waals surface area contributed by atoms with Gasteiger partial charge in [-0.05, 0) is 12.5 Å². The molecule has 1 N–H and O–H groups in total. The largest absolute Gasteiger partial charge is 0.309 e. The third kappa shape index (κ3) is 2.90. The smallest absolute Gasteiger partial charge is 0.243 e. The van der Waals surface area contributed by atoms with Gasteiger partial charge in [-0.2, -0.15) is 5.26 Å². The molecule has 0 unspecified atom stereocenters. The first-order chi connectivity index (χ1) is 8.42. The Kier molecular flexibility index (Phi) is 4.04. The molecule has 1 aromatic rings. The zero-order chi connectivity index (χ0) is 13.3. The highest BCUT2D eigenvalue weighted by atomic mass is 35.5. The van der Waals surface area contributed by atoms with Crippen molar-refractivity contribution in [3.05, 3.63) is 14.7 Å². The van der Waals surface area contributed by atoms with Gasteiger partial charge in [0.15, 0.2) is 6.19 Å². The highest BCUT2D eigenvalue weighted by molar-refractivity contribution is 7.89. The van der Waals surface area contributed by atoms with Gasteiger partial charge in [-0.25, -0.2) is 13.1 Å². The van der Waals surface area contributed by atoms with E-state index >= 15 is 0 Å². The third-order valence-corrected chi connectivity index (χ3v) is 5.84. The van der Waals surface area contributed by atoms with E-state index in [1.807, 2.05) is 6.19 Å². The van der Waals surface area contributed by atoms with E-state index in [9.17, 15) is 8.42 Å². The summed E-state index contributed by atoms with van der Waals surface area (Å²) in [5.74, 6) is 0. The van der Waals surface area contributed by atoms with E-state index < -0.39 is 10.0 Å². The Labute approximate surface area is 119 Å². The van der Waals surface area contributed by atoms with E-state index in [0.717, 1.165) is 11.3 Å². The van der Waals surface area contributed by atoms with Crippen LogP contribution in [-0.2, 0) is 10.0 Å². The van der Waals surface area contributed by atoms with E-state index in [4.69, 9.17) is 28.5 Å². The minimum atomic E-state index is -3.68. The maximum atomic E-state index is 12.1. The molecule has 18 heavy (non-hydrogen) atoms. The van der Waals surface area contributed by atoms with Crippen molar-refractivity contribution in [2.45, 2.75) is 17.4 Å². The van der Waals surface area contributed by atoms with Crippen molar-refractivity contribution in [1.82, 2.24) is 9.62 Å². The number of rotatable bonds is 3. The Bertz CT molecular complexity index is 593. The van der Waals surface area contributed by atoms with Crippen LogP contribution >= 0.6 is 34.5 Å². The minimum Gasteiger partial charge on any atom is -0.309 e. The molecule has 0 aromatic carbocycles. The van der Waals surface area contributed by atoms with Crippen molar-refractivity contribution < 1.29 is 8.42 Å². The SMILES string of the molecule is N#CN1CC[C@@H](NS(=O)(=O)c2cc(Cl)sc2Cl)C1. The third-order valence-electron chi connectivity index (χ3n) is 2.57. The molecule has 0 amide bonds. The Morgan fingerprint density at radius 2 is 2.28 bits per heavy atom. The van der Waals surface area contributed by atoms with Crippen LogP contribution in [0.3, 0.4) is 0 Å². The molecule has 0 spiro atoms. The number of nitriles is 1. The zero-order valence-electron chi connectivity index (χ0n) is 9.06. The van der Waals surface area contributed by atoms with Crippen molar-refractivity contribution >= 4 is 44.6 Å². The lowest BCUT2D eigenvalue weighted by Crippen LogP contribution is -2.36. The molecule has 2 rings (SSSR count). The van der Waals surface area contributed by atoms with Gasteiger partial charge in [0, 0.05) is 19.1 Å². The van der Waals surface area contributed by atoms with Crippen LogP contribution in [0.15, 0.2) is 11.0 Å². The second kappa shape index (κ2) is 5.23. The van der Waals surface area contributed by atoms with Crippen molar-refractivity contribution in [1.29, 1.82) is 5.26 Å². The van der Waals surface area contributed by atoms with E-state index in [-0.39, 0.29) is 15.3 Å². The van der Waals surface area contributed by atoms with Crippen LogP contribution in [0.2, 0.25) is 8.67 Å². The lowest BCUT2D eigenvalue weighted by atomic mass is 10.3. The Balaban J connectivity index is 2.14.